The molecule has 0 amide bonds. The lowest BCUT2D eigenvalue weighted by Gasteiger charge is -2.04. The van der Waals surface area contributed by atoms with Gasteiger partial charge in [-0.1, -0.05) is 11.6 Å². The van der Waals surface area contributed by atoms with Crippen molar-refractivity contribution in [2.45, 2.75) is 6.92 Å². The summed E-state index contributed by atoms with van der Waals surface area (Å²) >= 11 is 7.13. The lowest BCUT2D eigenvalue weighted by Crippen LogP contribution is -2.05. The van der Waals surface area contributed by atoms with Crippen LogP contribution in [0, 0.1) is 5.82 Å². The summed E-state index contributed by atoms with van der Waals surface area (Å²) in [5.41, 5.74) is 0.605. The van der Waals surface area contributed by atoms with E-state index in [-0.39, 0.29) is 12.3 Å². The van der Waals surface area contributed by atoms with Gasteiger partial charge in [-0.15, -0.1) is 11.3 Å². The van der Waals surface area contributed by atoms with Crippen molar-refractivity contribution in [3.63, 3.8) is 0 Å². The fraction of sp³-hybridized carbons (Fsp3) is 0.167. The molecule has 0 spiro atoms. The van der Waals surface area contributed by atoms with Crippen LogP contribution in [0.4, 0.5) is 15.2 Å². The Balaban J connectivity index is 2.15. The lowest BCUT2D eigenvalue weighted by atomic mass is 10.3. The monoisotopic (exact) mass is 300 g/mol. The summed E-state index contributed by atoms with van der Waals surface area (Å²) in [6.45, 7) is 2.00. The van der Waals surface area contributed by atoms with Crippen LogP contribution < -0.4 is 5.32 Å². The van der Waals surface area contributed by atoms with Gasteiger partial charge >= 0.3 is 5.97 Å². The van der Waals surface area contributed by atoms with Crippen molar-refractivity contribution in [3.05, 3.63) is 40.1 Å². The number of hydrogen-bond donors (Lipinski definition) is 1. The molecule has 2 aromatic rings. The molecular weight excluding hydrogens is 291 g/mol. The Labute approximate surface area is 118 Å². The van der Waals surface area contributed by atoms with Gasteiger partial charge in [-0.05, 0) is 25.1 Å². The van der Waals surface area contributed by atoms with E-state index >= 15 is 0 Å². The van der Waals surface area contributed by atoms with Gasteiger partial charge in [0, 0.05) is 5.38 Å². The van der Waals surface area contributed by atoms with E-state index in [0.717, 1.165) is 0 Å². The van der Waals surface area contributed by atoms with E-state index in [0.29, 0.717) is 15.8 Å². The van der Waals surface area contributed by atoms with E-state index in [1.807, 2.05) is 0 Å². The van der Waals surface area contributed by atoms with Crippen molar-refractivity contribution in [2.24, 2.45) is 0 Å². The Kier molecular flexibility index (Phi) is 4.34. The molecule has 2 rings (SSSR count). The second kappa shape index (κ2) is 5.99. The fourth-order valence-electron chi connectivity index (χ4n) is 1.34. The molecular formula is C12H10ClFN2O2S. The van der Waals surface area contributed by atoms with Crippen molar-refractivity contribution < 1.29 is 13.9 Å². The third-order valence-corrected chi connectivity index (χ3v) is 3.25. The first-order valence-corrected chi connectivity index (χ1v) is 6.70. The standard InChI is InChI=1S/C12H10ClFN2O2S/c1-2-18-11(17)10-6-19-12(16-10)15-9-5-7(14)3-4-8(9)13/h3-6H,2H2,1H3,(H,15,16). The number of carbonyl (C=O) groups is 1. The molecule has 1 aromatic heterocycles. The first-order chi connectivity index (χ1) is 9.10. The Morgan fingerprint density at radius 2 is 2.37 bits per heavy atom. The van der Waals surface area contributed by atoms with Crippen LogP contribution in [0.1, 0.15) is 17.4 Å². The number of ether oxygens (including phenoxy) is 1. The van der Waals surface area contributed by atoms with Crippen LogP contribution in [-0.2, 0) is 4.74 Å². The number of nitrogens with zero attached hydrogens (tertiary/aromatic N) is 1. The number of benzene rings is 1. The van der Waals surface area contributed by atoms with E-state index in [1.165, 1.54) is 29.5 Å². The van der Waals surface area contributed by atoms with Crippen LogP contribution in [0.5, 0.6) is 0 Å². The Morgan fingerprint density at radius 1 is 1.58 bits per heavy atom. The zero-order chi connectivity index (χ0) is 13.8. The van der Waals surface area contributed by atoms with Crippen LogP contribution >= 0.6 is 22.9 Å². The zero-order valence-electron chi connectivity index (χ0n) is 9.94. The maximum absolute atomic E-state index is 13.1. The Morgan fingerprint density at radius 3 is 3.11 bits per heavy atom. The molecule has 0 atom stereocenters. The number of carbonyl (C=O) groups excluding carboxylic acids is 1. The van der Waals surface area contributed by atoms with Crippen molar-refractivity contribution in [2.75, 3.05) is 11.9 Å². The van der Waals surface area contributed by atoms with Crippen molar-refractivity contribution >= 4 is 39.7 Å². The number of hydrogen-bond acceptors (Lipinski definition) is 5. The minimum absolute atomic E-state index is 0.210. The van der Waals surface area contributed by atoms with Gasteiger partial charge in [0.2, 0.25) is 0 Å². The molecule has 0 aliphatic heterocycles. The molecule has 19 heavy (non-hydrogen) atoms. The largest absolute Gasteiger partial charge is 0.461 e. The normalized spacial score (nSPS) is 10.3. The highest BCUT2D eigenvalue weighted by molar-refractivity contribution is 7.14. The maximum atomic E-state index is 13.1. The van der Waals surface area contributed by atoms with Gasteiger partial charge in [-0.3, -0.25) is 0 Å². The molecule has 0 saturated carbocycles. The predicted molar refractivity (Wildman–Crippen MR) is 72.8 cm³/mol. The van der Waals surface area contributed by atoms with E-state index < -0.39 is 11.8 Å². The summed E-state index contributed by atoms with van der Waals surface area (Å²) in [5.74, 6) is -0.897. The molecule has 4 nitrogen and oxygen atoms in total. The van der Waals surface area contributed by atoms with Gasteiger partial charge in [-0.2, -0.15) is 0 Å². The van der Waals surface area contributed by atoms with Gasteiger partial charge < -0.3 is 10.1 Å². The Hall–Kier alpha value is -1.66. The molecule has 0 radical (unpaired) electrons. The third-order valence-electron chi connectivity index (χ3n) is 2.16. The minimum Gasteiger partial charge on any atom is -0.461 e. The zero-order valence-corrected chi connectivity index (χ0v) is 11.5. The molecule has 0 aliphatic rings. The van der Waals surface area contributed by atoms with E-state index in [4.69, 9.17) is 16.3 Å². The second-order valence-corrected chi connectivity index (χ2v) is 4.77. The molecule has 0 fully saturated rings. The van der Waals surface area contributed by atoms with Gasteiger partial charge in [0.1, 0.15) is 5.82 Å². The number of aromatic nitrogens is 1. The van der Waals surface area contributed by atoms with Crippen molar-refractivity contribution in [3.8, 4) is 0 Å². The van der Waals surface area contributed by atoms with Crippen LogP contribution in [0.2, 0.25) is 5.02 Å². The first-order valence-electron chi connectivity index (χ1n) is 5.45. The van der Waals surface area contributed by atoms with Gasteiger partial charge in [0.15, 0.2) is 10.8 Å². The number of esters is 1. The summed E-state index contributed by atoms with van der Waals surface area (Å²) in [5, 5.41) is 5.23. The Bertz CT molecular complexity index is 603. The summed E-state index contributed by atoms with van der Waals surface area (Å²) in [6.07, 6.45) is 0. The van der Waals surface area contributed by atoms with E-state index in [1.54, 1.807) is 12.3 Å². The number of halogens is 2. The molecule has 0 aliphatic carbocycles. The molecule has 0 saturated heterocycles. The molecule has 0 unspecified atom stereocenters. The topological polar surface area (TPSA) is 51.2 Å². The third kappa shape index (κ3) is 3.42. The number of rotatable bonds is 4. The average Bonchev–Trinajstić information content (AvgIpc) is 2.83. The minimum atomic E-state index is -0.489. The quantitative estimate of drug-likeness (QED) is 0.871. The molecule has 100 valence electrons. The highest BCUT2D eigenvalue weighted by Gasteiger charge is 2.12. The van der Waals surface area contributed by atoms with Crippen LogP contribution in [0.3, 0.4) is 0 Å². The van der Waals surface area contributed by atoms with Crippen molar-refractivity contribution in [1.29, 1.82) is 0 Å². The molecule has 7 heteroatoms. The average molecular weight is 301 g/mol. The smallest absolute Gasteiger partial charge is 0.357 e. The molecule has 0 bridgehead atoms. The van der Waals surface area contributed by atoms with Gasteiger partial charge in [0.25, 0.3) is 0 Å². The number of nitrogens with one attached hydrogen (secondary N) is 1. The number of anilines is 2. The van der Waals surface area contributed by atoms with Crippen LogP contribution in [0.25, 0.3) is 0 Å². The van der Waals surface area contributed by atoms with E-state index in [9.17, 15) is 9.18 Å². The molecule has 1 heterocycles. The van der Waals surface area contributed by atoms with Crippen LogP contribution in [-0.4, -0.2) is 17.6 Å². The fourth-order valence-corrected chi connectivity index (χ4v) is 2.20. The summed E-state index contributed by atoms with van der Waals surface area (Å²) < 4.78 is 17.9. The highest BCUT2D eigenvalue weighted by Crippen LogP contribution is 2.27. The summed E-state index contributed by atoms with van der Waals surface area (Å²) in [7, 11) is 0. The van der Waals surface area contributed by atoms with Gasteiger partial charge in [-0.25, -0.2) is 14.2 Å². The summed E-state index contributed by atoms with van der Waals surface area (Å²) in [4.78, 5) is 15.5. The van der Waals surface area contributed by atoms with Crippen LogP contribution in [0.15, 0.2) is 23.6 Å². The maximum Gasteiger partial charge on any atom is 0.357 e. The molecule has 1 N–H and O–H groups in total. The lowest BCUT2D eigenvalue weighted by molar-refractivity contribution is 0.0520. The summed E-state index contributed by atoms with van der Waals surface area (Å²) in [6, 6.07) is 3.96. The second-order valence-electron chi connectivity index (χ2n) is 3.51. The predicted octanol–water partition coefficient (Wildman–Crippen LogP) is 3.86. The van der Waals surface area contributed by atoms with E-state index in [2.05, 4.69) is 10.3 Å². The molecule has 1 aromatic carbocycles. The highest BCUT2D eigenvalue weighted by atomic mass is 35.5. The first kappa shape index (κ1) is 13.8. The number of thiazole rings is 1. The SMILES string of the molecule is CCOC(=O)c1csc(Nc2cc(F)ccc2Cl)n1. The van der Waals surface area contributed by atoms with Gasteiger partial charge in [0.05, 0.1) is 17.3 Å². The van der Waals surface area contributed by atoms with Crippen molar-refractivity contribution in [1.82, 2.24) is 4.98 Å².